The Kier molecular flexibility index (Phi) is 4.64. The molecule has 138 valence electrons. The minimum atomic E-state index is -0.133. The molecule has 0 bridgehead atoms. The number of hydrogen-bond donors (Lipinski definition) is 4. The molecule has 3 aromatic carbocycles. The number of nitrogens with one attached hydrogen (secondary N) is 4. The van der Waals surface area contributed by atoms with E-state index in [0.29, 0.717) is 11.4 Å². The van der Waals surface area contributed by atoms with Crippen LogP contribution in [-0.2, 0) is 4.79 Å². The third-order valence-corrected chi connectivity index (χ3v) is 4.65. The van der Waals surface area contributed by atoms with Crippen LogP contribution >= 0.6 is 0 Å². The number of carbonyl (C=O) groups is 1. The van der Waals surface area contributed by atoms with Crippen LogP contribution in [0, 0.1) is 5.41 Å². The van der Waals surface area contributed by atoms with Crippen molar-refractivity contribution in [3.63, 3.8) is 0 Å². The van der Waals surface area contributed by atoms with Crippen LogP contribution in [-0.4, -0.2) is 18.8 Å². The summed E-state index contributed by atoms with van der Waals surface area (Å²) in [5, 5.41) is 17.2. The Morgan fingerprint density at radius 2 is 1.61 bits per heavy atom. The molecule has 0 unspecified atom stereocenters. The topological polar surface area (TPSA) is 77.0 Å². The van der Waals surface area contributed by atoms with E-state index in [4.69, 9.17) is 5.41 Å². The highest BCUT2D eigenvalue weighted by Crippen LogP contribution is 2.37. The fraction of sp³-hybridized carbons (Fsp3) is 0.0435. The Balaban J connectivity index is 1.85. The second-order valence-corrected chi connectivity index (χ2v) is 6.45. The molecular weight excluding hydrogens is 348 g/mol. The van der Waals surface area contributed by atoms with E-state index in [-0.39, 0.29) is 5.91 Å². The van der Waals surface area contributed by atoms with Gasteiger partial charge in [0.15, 0.2) is 0 Å². The van der Waals surface area contributed by atoms with Crippen LogP contribution in [0.3, 0.4) is 0 Å². The van der Waals surface area contributed by atoms with Crippen molar-refractivity contribution in [1.29, 1.82) is 5.41 Å². The average Bonchev–Trinajstić information content (AvgIpc) is 3.08. The fourth-order valence-electron chi connectivity index (χ4n) is 3.29. The predicted molar refractivity (Wildman–Crippen MR) is 114 cm³/mol. The third-order valence-electron chi connectivity index (χ3n) is 4.65. The summed E-state index contributed by atoms with van der Waals surface area (Å²) >= 11 is 0. The number of benzene rings is 3. The summed E-state index contributed by atoms with van der Waals surface area (Å²) < 4.78 is 0. The van der Waals surface area contributed by atoms with Gasteiger partial charge in [-0.05, 0) is 23.8 Å². The normalized spacial score (nSPS) is 14.1. The lowest BCUT2D eigenvalue weighted by molar-refractivity contribution is -0.110. The first-order chi connectivity index (χ1) is 13.7. The molecule has 0 fully saturated rings. The van der Waals surface area contributed by atoms with Crippen molar-refractivity contribution in [1.82, 2.24) is 5.32 Å². The summed E-state index contributed by atoms with van der Waals surface area (Å²) in [5.41, 5.74) is 5.51. The highest BCUT2D eigenvalue weighted by atomic mass is 16.2. The lowest BCUT2D eigenvalue weighted by atomic mass is 10.00. The van der Waals surface area contributed by atoms with E-state index in [0.717, 1.165) is 33.8 Å². The fourth-order valence-corrected chi connectivity index (χ4v) is 3.29. The minimum Gasteiger partial charge on any atom is -0.373 e. The Labute approximate surface area is 163 Å². The van der Waals surface area contributed by atoms with Gasteiger partial charge in [-0.25, -0.2) is 0 Å². The number of fused-ring (bicyclic) bond motifs is 1. The standard InChI is InChI=1S/C23H20N4O/c1-25-22(24)16-10-7-11-17(14-16)26-21(15-8-3-2-4-9-15)20-18-12-5-6-13-19(18)27-23(20)28/h2-14,26H,1H3,(H2,24,25)(H,27,28)/b21-20-. The molecule has 1 aliphatic heterocycles. The van der Waals surface area contributed by atoms with Crippen LogP contribution in [0.2, 0.25) is 0 Å². The maximum absolute atomic E-state index is 12.8. The molecule has 28 heavy (non-hydrogen) atoms. The van der Waals surface area contributed by atoms with Gasteiger partial charge in [0.1, 0.15) is 5.84 Å². The molecular formula is C23H20N4O. The number of carbonyl (C=O) groups excluding carboxylic acids is 1. The van der Waals surface area contributed by atoms with E-state index in [1.165, 1.54) is 0 Å². The summed E-state index contributed by atoms with van der Waals surface area (Å²) in [4.78, 5) is 12.8. The first kappa shape index (κ1) is 17.5. The van der Waals surface area contributed by atoms with Crippen molar-refractivity contribution in [3.05, 3.63) is 95.6 Å². The molecule has 0 atom stereocenters. The van der Waals surface area contributed by atoms with Crippen LogP contribution in [0.25, 0.3) is 11.3 Å². The van der Waals surface area contributed by atoms with E-state index in [1.54, 1.807) is 7.05 Å². The zero-order valence-corrected chi connectivity index (χ0v) is 15.4. The summed E-state index contributed by atoms with van der Waals surface area (Å²) in [7, 11) is 1.72. The smallest absolute Gasteiger partial charge is 0.258 e. The molecule has 1 heterocycles. The molecule has 0 aliphatic carbocycles. The van der Waals surface area contributed by atoms with Gasteiger partial charge >= 0.3 is 0 Å². The molecule has 4 N–H and O–H groups in total. The zero-order chi connectivity index (χ0) is 19.5. The number of hydrogen-bond acceptors (Lipinski definition) is 3. The highest BCUT2D eigenvalue weighted by molar-refractivity contribution is 6.37. The largest absolute Gasteiger partial charge is 0.373 e. The van der Waals surface area contributed by atoms with Gasteiger partial charge in [-0.15, -0.1) is 0 Å². The van der Waals surface area contributed by atoms with Crippen LogP contribution in [0.15, 0.2) is 78.9 Å². The molecule has 0 radical (unpaired) electrons. The van der Waals surface area contributed by atoms with Crippen LogP contribution < -0.4 is 16.0 Å². The van der Waals surface area contributed by atoms with Crippen LogP contribution in [0.1, 0.15) is 16.7 Å². The summed E-state index contributed by atoms with van der Waals surface area (Å²) in [5.74, 6) is 0.202. The van der Waals surface area contributed by atoms with Gasteiger partial charge in [0.2, 0.25) is 0 Å². The molecule has 4 rings (SSSR count). The van der Waals surface area contributed by atoms with Crippen molar-refractivity contribution in [2.75, 3.05) is 17.7 Å². The SMILES string of the molecule is CNC(=N)c1cccc(N/C(=C2\C(=O)Nc3ccccc32)c2ccccc2)c1. The number of anilines is 2. The number of rotatable bonds is 4. The number of para-hydroxylation sites is 1. The maximum atomic E-state index is 12.8. The first-order valence-electron chi connectivity index (χ1n) is 9.01. The molecule has 3 aromatic rings. The van der Waals surface area contributed by atoms with Gasteiger partial charge in [0.05, 0.1) is 11.3 Å². The van der Waals surface area contributed by atoms with Crippen molar-refractivity contribution >= 4 is 34.4 Å². The van der Waals surface area contributed by atoms with Crippen molar-refractivity contribution in [2.45, 2.75) is 0 Å². The monoisotopic (exact) mass is 368 g/mol. The third kappa shape index (κ3) is 3.25. The molecule has 0 spiro atoms. The van der Waals surface area contributed by atoms with Crippen LogP contribution in [0.5, 0.6) is 0 Å². The summed E-state index contributed by atoms with van der Waals surface area (Å²) in [6.45, 7) is 0. The Morgan fingerprint density at radius 1 is 0.893 bits per heavy atom. The predicted octanol–water partition coefficient (Wildman–Crippen LogP) is 4.16. The van der Waals surface area contributed by atoms with Gasteiger partial charge in [-0.3, -0.25) is 10.2 Å². The first-order valence-corrected chi connectivity index (χ1v) is 9.01. The van der Waals surface area contributed by atoms with E-state index >= 15 is 0 Å². The molecule has 0 aromatic heterocycles. The van der Waals surface area contributed by atoms with Crippen molar-refractivity contribution in [3.8, 4) is 0 Å². The van der Waals surface area contributed by atoms with Gasteiger partial charge in [-0.2, -0.15) is 0 Å². The van der Waals surface area contributed by atoms with Gasteiger partial charge in [-0.1, -0.05) is 60.7 Å². The van der Waals surface area contributed by atoms with Gasteiger partial charge < -0.3 is 16.0 Å². The molecule has 1 amide bonds. The molecule has 0 saturated carbocycles. The maximum Gasteiger partial charge on any atom is 0.258 e. The molecule has 5 heteroatoms. The van der Waals surface area contributed by atoms with Gasteiger partial charge in [0.25, 0.3) is 5.91 Å². The van der Waals surface area contributed by atoms with Crippen molar-refractivity contribution < 1.29 is 4.79 Å². The molecule has 0 saturated heterocycles. The quantitative estimate of drug-likeness (QED) is 0.317. The second kappa shape index (κ2) is 7.40. The van der Waals surface area contributed by atoms with E-state index in [9.17, 15) is 4.79 Å². The average molecular weight is 368 g/mol. The highest BCUT2D eigenvalue weighted by Gasteiger charge is 2.28. The molecule has 1 aliphatic rings. The second-order valence-electron chi connectivity index (χ2n) is 6.45. The number of amides is 1. The summed E-state index contributed by atoms with van der Waals surface area (Å²) in [6, 6.07) is 25.0. The lowest BCUT2D eigenvalue weighted by Crippen LogP contribution is -2.18. The Bertz CT molecular complexity index is 1090. The van der Waals surface area contributed by atoms with E-state index < -0.39 is 0 Å². The minimum absolute atomic E-state index is 0.133. The van der Waals surface area contributed by atoms with Crippen molar-refractivity contribution in [2.24, 2.45) is 0 Å². The molecule has 5 nitrogen and oxygen atoms in total. The lowest BCUT2D eigenvalue weighted by Gasteiger charge is -2.15. The van der Waals surface area contributed by atoms with E-state index in [1.807, 2.05) is 78.9 Å². The van der Waals surface area contributed by atoms with E-state index in [2.05, 4.69) is 16.0 Å². The Hall–Kier alpha value is -3.86. The van der Waals surface area contributed by atoms with Gasteiger partial charge in [0, 0.05) is 29.5 Å². The van der Waals surface area contributed by atoms with Crippen LogP contribution in [0.4, 0.5) is 11.4 Å². The Morgan fingerprint density at radius 3 is 2.39 bits per heavy atom. The zero-order valence-electron chi connectivity index (χ0n) is 15.4. The summed E-state index contributed by atoms with van der Waals surface area (Å²) in [6.07, 6.45) is 0. The number of amidine groups is 1.